The minimum atomic E-state index is -0.230. The van der Waals surface area contributed by atoms with Crippen LogP contribution in [0.3, 0.4) is 0 Å². The number of benzene rings is 1. The van der Waals surface area contributed by atoms with Gasteiger partial charge in [0.25, 0.3) is 0 Å². The number of hydrogen-bond donors (Lipinski definition) is 1. The van der Waals surface area contributed by atoms with Crippen LogP contribution < -0.4 is 5.32 Å². The summed E-state index contributed by atoms with van der Waals surface area (Å²) in [5, 5.41) is 3.39. The maximum atomic E-state index is 13.3. The van der Waals surface area contributed by atoms with E-state index < -0.39 is 0 Å². The monoisotopic (exact) mass is 290 g/mol. The molecule has 3 nitrogen and oxygen atoms in total. The molecule has 0 bridgehead atoms. The van der Waals surface area contributed by atoms with E-state index in [0.29, 0.717) is 18.6 Å². The van der Waals surface area contributed by atoms with Crippen LogP contribution in [-0.4, -0.2) is 29.4 Å². The molecule has 114 valence electrons. The van der Waals surface area contributed by atoms with Crippen LogP contribution in [0.5, 0.6) is 0 Å². The highest BCUT2D eigenvalue weighted by Gasteiger charge is 2.36. The number of nitrogens with zero attached hydrogens (tertiary/aromatic N) is 1. The maximum absolute atomic E-state index is 13.3. The molecular formula is C17H23FN2O. The lowest BCUT2D eigenvalue weighted by Gasteiger charge is -2.32. The first kappa shape index (κ1) is 14.5. The fraction of sp³-hybridized carbons (Fsp3) is 0.588. The van der Waals surface area contributed by atoms with Gasteiger partial charge in [-0.05, 0) is 56.8 Å². The third-order valence-electron chi connectivity index (χ3n) is 4.49. The summed E-state index contributed by atoms with van der Waals surface area (Å²) in [5.41, 5.74) is 0.886. The zero-order chi connectivity index (χ0) is 14.8. The molecule has 3 rings (SSSR count). The molecule has 2 aliphatic rings. The van der Waals surface area contributed by atoms with E-state index in [1.54, 1.807) is 6.07 Å². The molecule has 2 atom stereocenters. The molecule has 0 radical (unpaired) electrons. The molecule has 0 aromatic heterocycles. The van der Waals surface area contributed by atoms with Gasteiger partial charge in [-0.3, -0.25) is 4.79 Å². The number of piperidine rings is 1. The second-order valence-electron chi connectivity index (χ2n) is 6.40. The maximum Gasteiger partial charge on any atom is 0.226 e. The van der Waals surface area contributed by atoms with Crippen LogP contribution in [0, 0.1) is 11.7 Å². The van der Waals surface area contributed by atoms with E-state index in [-0.39, 0.29) is 17.6 Å². The summed E-state index contributed by atoms with van der Waals surface area (Å²) in [7, 11) is 0. The van der Waals surface area contributed by atoms with Gasteiger partial charge in [-0.2, -0.15) is 0 Å². The average molecular weight is 290 g/mol. The van der Waals surface area contributed by atoms with E-state index in [1.165, 1.54) is 12.1 Å². The molecule has 1 aromatic rings. The second-order valence-corrected chi connectivity index (χ2v) is 6.40. The fourth-order valence-electron chi connectivity index (χ4n) is 3.20. The number of nitrogens with one attached hydrogen (secondary N) is 1. The van der Waals surface area contributed by atoms with Crippen molar-refractivity contribution in [2.24, 2.45) is 5.92 Å². The van der Waals surface area contributed by atoms with E-state index >= 15 is 0 Å². The number of carbonyl (C=O) groups is 1. The van der Waals surface area contributed by atoms with Crippen molar-refractivity contribution in [1.29, 1.82) is 0 Å². The first-order valence-electron chi connectivity index (χ1n) is 7.92. The minimum Gasteiger partial charge on any atom is -0.335 e. The fourth-order valence-corrected chi connectivity index (χ4v) is 3.20. The SMILES string of the molecule is CC1CC(C(=O)N(Cc2cccc(F)c2)C2CC2)CCN1. The van der Waals surface area contributed by atoms with Crippen LogP contribution in [0.15, 0.2) is 24.3 Å². The summed E-state index contributed by atoms with van der Waals surface area (Å²) in [4.78, 5) is 14.8. The van der Waals surface area contributed by atoms with Crippen molar-refractivity contribution >= 4 is 5.91 Å². The Balaban J connectivity index is 1.70. The van der Waals surface area contributed by atoms with Gasteiger partial charge < -0.3 is 10.2 Å². The third kappa shape index (κ3) is 3.62. The smallest absolute Gasteiger partial charge is 0.226 e. The van der Waals surface area contributed by atoms with Gasteiger partial charge in [0.1, 0.15) is 5.82 Å². The Kier molecular flexibility index (Phi) is 4.24. The Hall–Kier alpha value is -1.42. The van der Waals surface area contributed by atoms with Crippen LogP contribution in [0.2, 0.25) is 0 Å². The summed E-state index contributed by atoms with van der Waals surface area (Å²) in [6, 6.07) is 7.37. The largest absolute Gasteiger partial charge is 0.335 e. The number of amides is 1. The summed E-state index contributed by atoms with van der Waals surface area (Å²) in [5.74, 6) is 0.150. The normalized spacial score (nSPS) is 25.6. The van der Waals surface area contributed by atoms with Gasteiger partial charge in [0.05, 0.1) is 0 Å². The highest BCUT2D eigenvalue weighted by atomic mass is 19.1. The van der Waals surface area contributed by atoms with E-state index in [0.717, 1.165) is 37.8 Å². The van der Waals surface area contributed by atoms with Gasteiger partial charge in [0, 0.05) is 24.5 Å². The molecule has 1 aliphatic carbocycles. The van der Waals surface area contributed by atoms with E-state index in [9.17, 15) is 9.18 Å². The van der Waals surface area contributed by atoms with Crippen LogP contribution >= 0.6 is 0 Å². The number of hydrogen-bond acceptors (Lipinski definition) is 2. The average Bonchev–Trinajstić information content (AvgIpc) is 3.29. The minimum absolute atomic E-state index is 0.121. The van der Waals surface area contributed by atoms with Crippen LogP contribution in [0.25, 0.3) is 0 Å². The molecule has 1 saturated heterocycles. The van der Waals surface area contributed by atoms with Crippen molar-refractivity contribution in [3.63, 3.8) is 0 Å². The molecule has 1 N–H and O–H groups in total. The predicted octanol–water partition coefficient (Wildman–Crippen LogP) is 2.70. The first-order chi connectivity index (χ1) is 10.1. The summed E-state index contributed by atoms with van der Waals surface area (Å²) < 4.78 is 13.3. The van der Waals surface area contributed by atoms with Crippen LogP contribution in [0.1, 0.15) is 38.2 Å². The van der Waals surface area contributed by atoms with E-state index in [2.05, 4.69) is 12.2 Å². The van der Waals surface area contributed by atoms with Gasteiger partial charge in [-0.25, -0.2) is 4.39 Å². The summed E-state index contributed by atoms with van der Waals surface area (Å²) in [6.07, 6.45) is 3.99. The molecular weight excluding hydrogens is 267 g/mol. The van der Waals surface area contributed by atoms with Gasteiger partial charge in [-0.1, -0.05) is 12.1 Å². The standard InChI is InChI=1S/C17H23FN2O/c1-12-9-14(7-8-19-12)17(21)20(16-5-6-16)11-13-3-2-4-15(18)10-13/h2-4,10,12,14,16,19H,5-9,11H2,1H3. The molecule has 1 amide bonds. The highest BCUT2D eigenvalue weighted by Crippen LogP contribution is 2.31. The lowest BCUT2D eigenvalue weighted by atomic mass is 9.91. The van der Waals surface area contributed by atoms with Crippen molar-refractivity contribution in [3.8, 4) is 0 Å². The quantitative estimate of drug-likeness (QED) is 0.924. The molecule has 2 unspecified atom stereocenters. The molecule has 2 fully saturated rings. The van der Waals surface area contributed by atoms with Gasteiger partial charge >= 0.3 is 0 Å². The topological polar surface area (TPSA) is 32.3 Å². The Labute approximate surface area is 125 Å². The zero-order valence-corrected chi connectivity index (χ0v) is 12.5. The van der Waals surface area contributed by atoms with E-state index in [1.807, 2.05) is 11.0 Å². The van der Waals surface area contributed by atoms with Crippen molar-refractivity contribution < 1.29 is 9.18 Å². The highest BCUT2D eigenvalue weighted by molar-refractivity contribution is 5.79. The van der Waals surface area contributed by atoms with Crippen molar-refractivity contribution in [3.05, 3.63) is 35.6 Å². The molecule has 1 aliphatic heterocycles. The number of carbonyl (C=O) groups excluding carboxylic acids is 1. The second kappa shape index (κ2) is 6.14. The lowest BCUT2D eigenvalue weighted by molar-refractivity contribution is -0.138. The van der Waals surface area contributed by atoms with Crippen LogP contribution in [0.4, 0.5) is 4.39 Å². The third-order valence-corrected chi connectivity index (χ3v) is 4.49. The number of rotatable bonds is 4. The zero-order valence-electron chi connectivity index (χ0n) is 12.5. The van der Waals surface area contributed by atoms with Crippen molar-refractivity contribution in [1.82, 2.24) is 10.2 Å². The lowest BCUT2D eigenvalue weighted by Crippen LogP contribution is -2.44. The van der Waals surface area contributed by atoms with Crippen molar-refractivity contribution in [2.75, 3.05) is 6.54 Å². The first-order valence-corrected chi connectivity index (χ1v) is 7.92. The van der Waals surface area contributed by atoms with Gasteiger partial charge in [-0.15, -0.1) is 0 Å². The Morgan fingerprint density at radius 2 is 2.19 bits per heavy atom. The van der Waals surface area contributed by atoms with Crippen LogP contribution in [-0.2, 0) is 11.3 Å². The van der Waals surface area contributed by atoms with Crippen molar-refractivity contribution in [2.45, 2.75) is 51.2 Å². The van der Waals surface area contributed by atoms with E-state index in [4.69, 9.17) is 0 Å². The van der Waals surface area contributed by atoms with Gasteiger partial charge in [0.15, 0.2) is 0 Å². The van der Waals surface area contributed by atoms with Gasteiger partial charge in [0.2, 0.25) is 5.91 Å². The Bertz CT molecular complexity index is 515. The Morgan fingerprint density at radius 1 is 1.38 bits per heavy atom. The summed E-state index contributed by atoms with van der Waals surface area (Å²) in [6.45, 7) is 3.59. The molecule has 1 aromatic carbocycles. The molecule has 4 heteroatoms. The molecule has 1 heterocycles. The number of halogens is 1. The predicted molar refractivity (Wildman–Crippen MR) is 80.2 cm³/mol. The summed E-state index contributed by atoms with van der Waals surface area (Å²) >= 11 is 0. The Morgan fingerprint density at radius 3 is 2.86 bits per heavy atom. The molecule has 0 spiro atoms. The molecule has 21 heavy (non-hydrogen) atoms. The molecule has 1 saturated carbocycles.